The summed E-state index contributed by atoms with van der Waals surface area (Å²) < 4.78 is 5.13. The van der Waals surface area contributed by atoms with Crippen molar-refractivity contribution in [2.45, 2.75) is 26.8 Å². The predicted molar refractivity (Wildman–Crippen MR) is 71.6 cm³/mol. The third-order valence-corrected chi connectivity index (χ3v) is 2.43. The van der Waals surface area contributed by atoms with Crippen LogP contribution in [0.3, 0.4) is 0 Å². The first-order chi connectivity index (χ1) is 8.78. The van der Waals surface area contributed by atoms with Gasteiger partial charge in [-0.3, -0.25) is 0 Å². The van der Waals surface area contributed by atoms with E-state index >= 15 is 0 Å². The minimum atomic E-state index is 0.588. The molecule has 0 aromatic carbocycles. The van der Waals surface area contributed by atoms with E-state index in [1.54, 1.807) is 0 Å². The number of hydrogen-bond donors (Lipinski definition) is 2. The summed E-state index contributed by atoms with van der Waals surface area (Å²) in [6.45, 7) is 5.55. The second kappa shape index (κ2) is 6.05. The number of aryl methyl sites for hydroxylation is 1. The molecule has 2 aromatic heterocycles. The SMILES string of the molecule is CCCNc1cccc(NCc2cc(C)no2)n1. The molecule has 0 saturated carbocycles. The molecule has 0 unspecified atom stereocenters. The van der Waals surface area contributed by atoms with Gasteiger partial charge in [-0.2, -0.15) is 0 Å². The van der Waals surface area contributed by atoms with E-state index in [0.717, 1.165) is 36.1 Å². The van der Waals surface area contributed by atoms with E-state index < -0.39 is 0 Å². The fourth-order valence-corrected chi connectivity index (χ4v) is 1.56. The molecule has 5 nitrogen and oxygen atoms in total. The number of hydrogen-bond acceptors (Lipinski definition) is 5. The quantitative estimate of drug-likeness (QED) is 0.820. The molecule has 2 aromatic rings. The molecule has 2 N–H and O–H groups in total. The zero-order valence-corrected chi connectivity index (χ0v) is 10.7. The molecule has 0 saturated heterocycles. The molecule has 0 aliphatic heterocycles. The first kappa shape index (κ1) is 12.4. The third-order valence-electron chi connectivity index (χ3n) is 2.43. The molecule has 0 radical (unpaired) electrons. The van der Waals surface area contributed by atoms with Gasteiger partial charge in [0.15, 0.2) is 5.76 Å². The van der Waals surface area contributed by atoms with Crippen LogP contribution in [0.1, 0.15) is 24.8 Å². The van der Waals surface area contributed by atoms with Gasteiger partial charge in [-0.1, -0.05) is 18.1 Å². The normalized spacial score (nSPS) is 10.3. The van der Waals surface area contributed by atoms with Crippen LogP contribution in [0, 0.1) is 6.92 Å². The molecule has 96 valence electrons. The van der Waals surface area contributed by atoms with Crippen LogP contribution in [0.2, 0.25) is 0 Å². The standard InChI is InChI=1S/C13H18N4O/c1-3-7-14-12-5-4-6-13(16-12)15-9-11-8-10(2)17-18-11/h4-6,8H,3,7,9H2,1-2H3,(H2,14,15,16). The fraction of sp³-hybridized carbons (Fsp3) is 0.385. The maximum Gasteiger partial charge on any atom is 0.156 e. The highest BCUT2D eigenvalue weighted by atomic mass is 16.5. The molecule has 0 amide bonds. The van der Waals surface area contributed by atoms with Crippen LogP contribution in [0.25, 0.3) is 0 Å². The van der Waals surface area contributed by atoms with Crippen LogP contribution in [0.5, 0.6) is 0 Å². The Morgan fingerprint density at radius 3 is 2.67 bits per heavy atom. The van der Waals surface area contributed by atoms with Crippen molar-refractivity contribution in [3.05, 3.63) is 35.7 Å². The molecule has 0 fully saturated rings. The minimum Gasteiger partial charge on any atom is -0.370 e. The van der Waals surface area contributed by atoms with E-state index in [0.29, 0.717) is 6.54 Å². The number of pyridine rings is 1. The summed E-state index contributed by atoms with van der Waals surface area (Å²) in [4.78, 5) is 4.45. The lowest BCUT2D eigenvalue weighted by Gasteiger charge is -2.07. The van der Waals surface area contributed by atoms with E-state index in [-0.39, 0.29) is 0 Å². The van der Waals surface area contributed by atoms with Crippen LogP contribution in [-0.4, -0.2) is 16.7 Å². The Labute approximate surface area is 107 Å². The van der Waals surface area contributed by atoms with Gasteiger partial charge < -0.3 is 15.2 Å². The molecule has 0 bridgehead atoms. The van der Waals surface area contributed by atoms with Crippen molar-refractivity contribution < 1.29 is 4.52 Å². The highest BCUT2D eigenvalue weighted by Gasteiger charge is 2.01. The van der Waals surface area contributed by atoms with E-state index in [2.05, 4.69) is 27.7 Å². The monoisotopic (exact) mass is 246 g/mol. The van der Waals surface area contributed by atoms with Crippen LogP contribution >= 0.6 is 0 Å². The van der Waals surface area contributed by atoms with Crippen LogP contribution in [0.15, 0.2) is 28.8 Å². The summed E-state index contributed by atoms with van der Waals surface area (Å²) in [5.41, 5.74) is 0.887. The highest BCUT2D eigenvalue weighted by Crippen LogP contribution is 2.11. The van der Waals surface area contributed by atoms with Gasteiger partial charge in [-0.15, -0.1) is 0 Å². The third kappa shape index (κ3) is 3.48. The molecule has 0 spiro atoms. The van der Waals surface area contributed by atoms with Gasteiger partial charge in [0.05, 0.1) is 12.2 Å². The zero-order chi connectivity index (χ0) is 12.8. The molecule has 0 aliphatic carbocycles. The van der Waals surface area contributed by atoms with Crippen molar-refractivity contribution in [2.24, 2.45) is 0 Å². The first-order valence-corrected chi connectivity index (χ1v) is 6.15. The van der Waals surface area contributed by atoms with Crippen molar-refractivity contribution in [3.8, 4) is 0 Å². The second-order valence-electron chi connectivity index (χ2n) is 4.12. The molecule has 0 atom stereocenters. The number of nitrogens with one attached hydrogen (secondary N) is 2. The van der Waals surface area contributed by atoms with Gasteiger partial charge in [-0.25, -0.2) is 4.98 Å². The Kier molecular flexibility index (Phi) is 4.17. The van der Waals surface area contributed by atoms with Crippen LogP contribution < -0.4 is 10.6 Å². The average Bonchev–Trinajstić information content (AvgIpc) is 2.80. The second-order valence-corrected chi connectivity index (χ2v) is 4.12. The number of aromatic nitrogens is 2. The Morgan fingerprint density at radius 1 is 1.22 bits per heavy atom. The molecule has 2 heterocycles. The summed E-state index contributed by atoms with van der Waals surface area (Å²) in [7, 11) is 0. The summed E-state index contributed by atoms with van der Waals surface area (Å²) in [5, 5.41) is 10.3. The summed E-state index contributed by atoms with van der Waals surface area (Å²) in [6.07, 6.45) is 1.08. The first-order valence-electron chi connectivity index (χ1n) is 6.15. The summed E-state index contributed by atoms with van der Waals surface area (Å²) in [6, 6.07) is 7.77. The van der Waals surface area contributed by atoms with Gasteiger partial charge in [0, 0.05) is 12.6 Å². The molecule has 0 aliphatic rings. The van der Waals surface area contributed by atoms with Gasteiger partial charge in [-0.05, 0) is 25.5 Å². The topological polar surface area (TPSA) is 63.0 Å². The lowest BCUT2D eigenvalue weighted by Crippen LogP contribution is -2.05. The Balaban J connectivity index is 1.92. The maximum absolute atomic E-state index is 5.13. The zero-order valence-electron chi connectivity index (χ0n) is 10.7. The number of rotatable bonds is 6. The van der Waals surface area contributed by atoms with E-state index in [1.165, 1.54) is 0 Å². The van der Waals surface area contributed by atoms with Gasteiger partial charge in [0.25, 0.3) is 0 Å². The fourth-order valence-electron chi connectivity index (χ4n) is 1.56. The molecular weight excluding hydrogens is 228 g/mol. The molecular formula is C13H18N4O. The number of anilines is 2. The van der Waals surface area contributed by atoms with Crippen molar-refractivity contribution in [1.29, 1.82) is 0 Å². The average molecular weight is 246 g/mol. The largest absolute Gasteiger partial charge is 0.370 e. The smallest absolute Gasteiger partial charge is 0.156 e. The van der Waals surface area contributed by atoms with E-state index in [4.69, 9.17) is 4.52 Å². The lowest BCUT2D eigenvalue weighted by atomic mass is 10.3. The molecule has 5 heteroatoms. The molecule has 18 heavy (non-hydrogen) atoms. The lowest BCUT2D eigenvalue weighted by molar-refractivity contribution is 0.384. The highest BCUT2D eigenvalue weighted by molar-refractivity contribution is 5.45. The predicted octanol–water partition coefficient (Wildman–Crippen LogP) is 2.81. The minimum absolute atomic E-state index is 0.588. The van der Waals surface area contributed by atoms with Gasteiger partial charge >= 0.3 is 0 Å². The van der Waals surface area contributed by atoms with Gasteiger partial charge in [0.2, 0.25) is 0 Å². The Morgan fingerprint density at radius 2 is 2.00 bits per heavy atom. The van der Waals surface area contributed by atoms with Crippen molar-refractivity contribution in [1.82, 2.24) is 10.1 Å². The summed E-state index contributed by atoms with van der Waals surface area (Å²) >= 11 is 0. The van der Waals surface area contributed by atoms with Crippen molar-refractivity contribution in [3.63, 3.8) is 0 Å². The molecule has 2 rings (SSSR count). The van der Waals surface area contributed by atoms with Gasteiger partial charge in [0.1, 0.15) is 11.6 Å². The maximum atomic E-state index is 5.13. The van der Waals surface area contributed by atoms with Crippen LogP contribution in [0.4, 0.5) is 11.6 Å². The van der Waals surface area contributed by atoms with Crippen molar-refractivity contribution >= 4 is 11.6 Å². The van der Waals surface area contributed by atoms with E-state index in [9.17, 15) is 0 Å². The Hall–Kier alpha value is -2.04. The summed E-state index contributed by atoms with van der Waals surface area (Å²) in [5.74, 6) is 2.52. The Bertz CT molecular complexity index is 495. The van der Waals surface area contributed by atoms with E-state index in [1.807, 2.05) is 31.2 Å². The number of nitrogens with zero attached hydrogens (tertiary/aromatic N) is 2. The van der Waals surface area contributed by atoms with Crippen molar-refractivity contribution in [2.75, 3.05) is 17.2 Å². The van der Waals surface area contributed by atoms with Crippen LogP contribution in [-0.2, 0) is 6.54 Å².